The van der Waals surface area contributed by atoms with E-state index >= 15 is 0 Å². The van der Waals surface area contributed by atoms with Crippen LogP contribution in [0.25, 0.3) is 0 Å². The van der Waals surface area contributed by atoms with E-state index in [1.165, 1.54) is 4.68 Å². The van der Waals surface area contributed by atoms with E-state index in [9.17, 15) is 4.79 Å². The van der Waals surface area contributed by atoms with Crippen molar-refractivity contribution < 1.29 is 4.79 Å². The quantitative estimate of drug-likeness (QED) is 0.754. The second-order valence-corrected chi connectivity index (χ2v) is 3.89. The molecule has 6 heteroatoms. The highest BCUT2D eigenvalue weighted by Crippen LogP contribution is 2.10. The van der Waals surface area contributed by atoms with E-state index in [0.29, 0.717) is 11.9 Å². The molecule has 1 atom stereocenters. The second kappa shape index (κ2) is 4.29. The molecule has 15 heavy (non-hydrogen) atoms. The number of ketones is 1. The van der Waals surface area contributed by atoms with Gasteiger partial charge in [0.05, 0.1) is 6.04 Å². The zero-order chi connectivity index (χ0) is 11.6. The zero-order valence-electron chi connectivity index (χ0n) is 9.48. The molecular weight excluding hydrogens is 194 g/mol. The van der Waals surface area contributed by atoms with Gasteiger partial charge in [-0.15, -0.1) is 5.10 Å². The Morgan fingerprint density at radius 3 is 2.47 bits per heavy atom. The Hall–Kier alpha value is -1.59. The van der Waals surface area contributed by atoms with E-state index in [-0.39, 0.29) is 17.7 Å². The number of rotatable bonds is 4. The first kappa shape index (κ1) is 11.5. The number of nitrogen functional groups attached to an aromatic ring is 1. The van der Waals surface area contributed by atoms with Gasteiger partial charge in [-0.25, -0.2) is 4.68 Å². The minimum absolute atomic E-state index is 0.0658. The van der Waals surface area contributed by atoms with E-state index < -0.39 is 0 Å². The maximum atomic E-state index is 11.3. The molecular formula is C9H17N5O. The Bertz CT molecular complexity index is 338. The predicted octanol–water partition coefficient (Wildman–Crippen LogP) is 0.423. The number of nitrogens with zero attached hydrogens (tertiary/aromatic N) is 3. The van der Waals surface area contributed by atoms with E-state index in [4.69, 9.17) is 5.73 Å². The third-order valence-corrected chi connectivity index (χ3v) is 2.19. The SMILES string of the molecule is CC(=O)[C@@H](Nc1nc(N)n(C)n1)C(C)C. The fourth-order valence-corrected chi connectivity index (χ4v) is 1.33. The molecule has 0 aromatic carbocycles. The third kappa shape index (κ3) is 2.68. The van der Waals surface area contributed by atoms with Gasteiger partial charge in [0.2, 0.25) is 11.9 Å². The summed E-state index contributed by atoms with van der Waals surface area (Å²) in [5.74, 6) is 0.969. The summed E-state index contributed by atoms with van der Waals surface area (Å²) in [6, 6.07) is -0.271. The Balaban J connectivity index is 2.79. The Morgan fingerprint density at radius 2 is 2.13 bits per heavy atom. The highest BCUT2D eigenvalue weighted by molar-refractivity contribution is 5.84. The minimum atomic E-state index is -0.271. The van der Waals surface area contributed by atoms with Crippen LogP contribution in [-0.4, -0.2) is 26.6 Å². The Kier molecular flexibility index (Phi) is 3.28. The number of Topliss-reactive ketones (excluding diaryl/α,β-unsaturated/α-hetero) is 1. The molecule has 1 rings (SSSR count). The molecule has 1 heterocycles. The lowest BCUT2D eigenvalue weighted by atomic mass is 10.0. The first-order valence-electron chi connectivity index (χ1n) is 4.85. The van der Waals surface area contributed by atoms with Crippen LogP contribution >= 0.6 is 0 Å². The monoisotopic (exact) mass is 211 g/mol. The lowest BCUT2D eigenvalue weighted by molar-refractivity contribution is -0.118. The lowest BCUT2D eigenvalue weighted by Gasteiger charge is -2.17. The van der Waals surface area contributed by atoms with Gasteiger partial charge in [0, 0.05) is 7.05 Å². The number of aromatic nitrogens is 3. The molecule has 1 aromatic rings. The van der Waals surface area contributed by atoms with Crippen LogP contribution in [0.3, 0.4) is 0 Å². The van der Waals surface area contributed by atoms with Gasteiger partial charge in [0.25, 0.3) is 0 Å². The molecule has 84 valence electrons. The lowest BCUT2D eigenvalue weighted by Crippen LogP contribution is -2.33. The summed E-state index contributed by atoms with van der Waals surface area (Å²) in [4.78, 5) is 15.3. The van der Waals surface area contributed by atoms with Gasteiger partial charge >= 0.3 is 0 Å². The van der Waals surface area contributed by atoms with Crippen molar-refractivity contribution in [1.82, 2.24) is 14.8 Å². The Labute approximate surface area is 88.9 Å². The van der Waals surface area contributed by atoms with Crippen molar-refractivity contribution in [2.24, 2.45) is 13.0 Å². The van der Waals surface area contributed by atoms with Crippen molar-refractivity contribution in [3.8, 4) is 0 Å². The number of nitrogens with one attached hydrogen (secondary N) is 1. The molecule has 0 saturated carbocycles. The van der Waals surface area contributed by atoms with Crippen LogP contribution < -0.4 is 11.1 Å². The van der Waals surface area contributed by atoms with Gasteiger partial charge in [-0.2, -0.15) is 4.98 Å². The highest BCUT2D eigenvalue weighted by Gasteiger charge is 2.19. The minimum Gasteiger partial charge on any atom is -0.368 e. The fraction of sp³-hybridized carbons (Fsp3) is 0.667. The molecule has 0 saturated heterocycles. The number of carbonyl (C=O) groups is 1. The summed E-state index contributed by atoms with van der Waals surface area (Å²) >= 11 is 0. The van der Waals surface area contributed by atoms with Crippen LogP contribution in [0.1, 0.15) is 20.8 Å². The maximum absolute atomic E-state index is 11.3. The van der Waals surface area contributed by atoms with E-state index in [0.717, 1.165) is 0 Å². The first-order chi connectivity index (χ1) is 6.91. The molecule has 6 nitrogen and oxygen atoms in total. The Morgan fingerprint density at radius 1 is 1.53 bits per heavy atom. The van der Waals surface area contributed by atoms with Crippen molar-refractivity contribution in [2.75, 3.05) is 11.1 Å². The largest absolute Gasteiger partial charge is 0.368 e. The molecule has 0 aliphatic rings. The second-order valence-electron chi connectivity index (χ2n) is 3.89. The fourth-order valence-electron chi connectivity index (χ4n) is 1.33. The number of anilines is 2. The zero-order valence-corrected chi connectivity index (χ0v) is 9.48. The molecule has 0 bridgehead atoms. The van der Waals surface area contributed by atoms with Crippen LogP contribution in [0, 0.1) is 5.92 Å². The summed E-state index contributed by atoms with van der Waals surface area (Å²) in [6.07, 6.45) is 0. The van der Waals surface area contributed by atoms with Crippen molar-refractivity contribution >= 4 is 17.7 Å². The number of hydrogen-bond donors (Lipinski definition) is 2. The summed E-state index contributed by atoms with van der Waals surface area (Å²) in [5, 5.41) is 7.00. The average molecular weight is 211 g/mol. The van der Waals surface area contributed by atoms with Gasteiger partial charge in [-0.3, -0.25) is 4.79 Å². The number of nitrogens with two attached hydrogens (primary N) is 1. The number of aryl methyl sites for hydroxylation is 1. The smallest absolute Gasteiger partial charge is 0.244 e. The summed E-state index contributed by atoms with van der Waals surface area (Å²) < 4.78 is 1.46. The first-order valence-corrected chi connectivity index (χ1v) is 4.85. The van der Waals surface area contributed by atoms with E-state index in [1.807, 2.05) is 13.8 Å². The summed E-state index contributed by atoms with van der Waals surface area (Å²) in [5.41, 5.74) is 5.53. The highest BCUT2D eigenvalue weighted by atomic mass is 16.1. The topological polar surface area (TPSA) is 85.8 Å². The van der Waals surface area contributed by atoms with Crippen molar-refractivity contribution in [2.45, 2.75) is 26.8 Å². The third-order valence-electron chi connectivity index (χ3n) is 2.19. The molecule has 0 aliphatic heterocycles. The molecule has 0 spiro atoms. The van der Waals surface area contributed by atoms with Crippen LogP contribution in [0.5, 0.6) is 0 Å². The van der Waals surface area contributed by atoms with Crippen molar-refractivity contribution in [3.63, 3.8) is 0 Å². The van der Waals surface area contributed by atoms with Crippen LogP contribution in [-0.2, 0) is 11.8 Å². The van der Waals surface area contributed by atoms with Gasteiger partial charge in [0.1, 0.15) is 0 Å². The van der Waals surface area contributed by atoms with Crippen LogP contribution in [0.2, 0.25) is 0 Å². The molecule has 0 fully saturated rings. The predicted molar refractivity (Wildman–Crippen MR) is 58.3 cm³/mol. The van der Waals surface area contributed by atoms with Crippen molar-refractivity contribution in [1.29, 1.82) is 0 Å². The molecule has 0 amide bonds. The maximum Gasteiger partial charge on any atom is 0.244 e. The normalized spacial score (nSPS) is 12.9. The van der Waals surface area contributed by atoms with Crippen molar-refractivity contribution in [3.05, 3.63) is 0 Å². The van der Waals surface area contributed by atoms with Crippen LogP contribution in [0.4, 0.5) is 11.9 Å². The molecule has 0 radical (unpaired) electrons. The number of carbonyl (C=O) groups excluding carboxylic acids is 1. The number of hydrogen-bond acceptors (Lipinski definition) is 5. The van der Waals surface area contributed by atoms with Gasteiger partial charge in [-0.05, 0) is 12.8 Å². The van der Waals surface area contributed by atoms with Gasteiger partial charge in [0.15, 0.2) is 5.78 Å². The van der Waals surface area contributed by atoms with E-state index in [1.54, 1.807) is 14.0 Å². The molecule has 0 aliphatic carbocycles. The van der Waals surface area contributed by atoms with E-state index in [2.05, 4.69) is 15.4 Å². The molecule has 1 aromatic heterocycles. The molecule has 3 N–H and O–H groups in total. The van der Waals surface area contributed by atoms with Gasteiger partial charge in [-0.1, -0.05) is 13.8 Å². The summed E-state index contributed by atoms with van der Waals surface area (Å²) in [7, 11) is 1.70. The summed E-state index contributed by atoms with van der Waals surface area (Å²) in [6.45, 7) is 5.47. The standard InChI is InChI=1S/C9H17N5O/c1-5(2)7(6(3)15)11-9-12-8(10)14(4)13-9/h5,7H,1-4H3,(H3,10,11,12,13)/t7-/m0/s1. The average Bonchev–Trinajstić information content (AvgIpc) is 2.41. The van der Waals surface area contributed by atoms with Crippen LogP contribution in [0.15, 0.2) is 0 Å². The molecule has 0 unspecified atom stereocenters. The van der Waals surface area contributed by atoms with Gasteiger partial charge < -0.3 is 11.1 Å².